The smallest absolute Gasteiger partial charge is 0.246 e. The van der Waals surface area contributed by atoms with E-state index in [1.165, 1.54) is 4.68 Å². The Balaban J connectivity index is 3.20. The van der Waals surface area contributed by atoms with Gasteiger partial charge in [-0.05, 0) is 26.2 Å². The predicted octanol–water partition coefficient (Wildman–Crippen LogP) is 3.08. The van der Waals surface area contributed by atoms with E-state index in [0.717, 1.165) is 0 Å². The van der Waals surface area contributed by atoms with Crippen molar-refractivity contribution in [3.63, 3.8) is 0 Å². The largest absolute Gasteiger partial charge is 0.437 e. The number of rotatable bonds is 3. The lowest BCUT2D eigenvalue weighted by Crippen LogP contribution is -2.15. The predicted molar refractivity (Wildman–Crippen MR) is 54.0 cm³/mol. The molecule has 3 nitrogen and oxygen atoms in total. The normalized spacial score (nSPS) is 12.8. The van der Waals surface area contributed by atoms with Crippen LogP contribution < -0.4 is 0 Å². The topological polar surface area (TPSA) is 30.7 Å². The van der Waals surface area contributed by atoms with Crippen LogP contribution in [0.25, 0.3) is 0 Å². The zero-order chi connectivity index (χ0) is 12.5. The Morgan fingerprint density at radius 3 is 2.12 bits per heavy atom. The zero-order valence-corrected chi connectivity index (χ0v) is 9.84. The van der Waals surface area contributed by atoms with E-state index >= 15 is 0 Å². The molecule has 0 aliphatic heterocycles. The Morgan fingerprint density at radius 1 is 1.19 bits per heavy atom. The van der Waals surface area contributed by atoms with Crippen LogP contribution in [0.4, 0.5) is 13.2 Å². The molecule has 0 aliphatic carbocycles. The number of aromatic nitrogens is 3. The first-order valence-corrected chi connectivity index (χ1v) is 5.24. The number of nitrogens with zero attached hydrogens (tertiary/aromatic N) is 3. The molecule has 0 N–H and O–H groups in total. The van der Waals surface area contributed by atoms with E-state index in [0.29, 0.717) is 6.42 Å². The second-order valence-corrected chi connectivity index (χ2v) is 4.52. The molecule has 0 radical (unpaired) electrons. The van der Waals surface area contributed by atoms with Gasteiger partial charge in [-0.3, -0.25) is 0 Å². The average molecular weight is 235 g/mol. The van der Waals surface area contributed by atoms with Crippen molar-refractivity contribution in [1.29, 1.82) is 0 Å². The van der Waals surface area contributed by atoms with E-state index < -0.39 is 11.9 Å². The molecule has 0 saturated carbocycles. The minimum atomic E-state index is -4.42. The van der Waals surface area contributed by atoms with Crippen molar-refractivity contribution in [3.05, 3.63) is 11.4 Å². The van der Waals surface area contributed by atoms with Crippen LogP contribution in [0, 0.1) is 5.92 Å². The van der Waals surface area contributed by atoms with Crippen LogP contribution in [0.3, 0.4) is 0 Å². The third-order valence-corrected chi connectivity index (χ3v) is 2.15. The Kier molecular flexibility index (Phi) is 3.60. The third-order valence-electron chi connectivity index (χ3n) is 2.15. The van der Waals surface area contributed by atoms with Gasteiger partial charge in [0.05, 0.1) is 5.69 Å². The van der Waals surface area contributed by atoms with Crippen molar-refractivity contribution in [2.45, 2.75) is 46.3 Å². The summed E-state index contributed by atoms with van der Waals surface area (Å²) >= 11 is 0. The van der Waals surface area contributed by atoms with Crippen molar-refractivity contribution in [2.75, 3.05) is 0 Å². The van der Waals surface area contributed by atoms with E-state index in [9.17, 15) is 13.2 Å². The molecule has 1 aromatic rings. The maximum Gasteiger partial charge on any atom is 0.437 e. The molecule has 1 rings (SSSR count). The first-order valence-electron chi connectivity index (χ1n) is 5.24. The molecule has 92 valence electrons. The first-order chi connectivity index (χ1) is 7.23. The van der Waals surface area contributed by atoms with Crippen LogP contribution in [0.2, 0.25) is 0 Å². The third kappa shape index (κ3) is 2.74. The quantitative estimate of drug-likeness (QED) is 0.806. The van der Waals surface area contributed by atoms with E-state index in [2.05, 4.69) is 10.3 Å². The minimum Gasteiger partial charge on any atom is -0.246 e. The molecule has 0 amide bonds. The lowest BCUT2D eigenvalue weighted by Gasteiger charge is -2.13. The molecule has 1 aromatic heterocycles. The first kappa shape index (κ1) is 13.0. The second kappa shape index (κ2) is 4.43. The van der Waals surface area contributed by atoms with Gasteiger partial charge in [0, 0.05) is 6.04 Å². The molecule has 6 heteroatoms. The van der Waals surface area contributed by atoms with Crippen molar-refractivity contribution < 1.29 is 13.2 Å². The zero-order valence-electron chi connectivity index (χ0n) is 9.84. The number of hydrogen-bond acceptors (Lipinski definition) is 2. The van der Waals surface area contributed by atoms with E-state index in [4.69, 9.17) is 0 Å². The van der Waals surface area contributed by atoms with Crippen LogP contribution >= 0.6 is 0 Å². The summed E-state index contributed by atoms with van der Waals surface area (Å²) in [6.45, 7) is 7.33. The molecule has 0 aromatic carbocycles. The summed E-state index contributed by atoms with van der Waals surface area (Å²) < 4.78 is 39.3. The van der Waals surface area contributed by atoms with Crippen LogP contribution in [0.5, 0.6) is 0 Å². The number of alkyl halides is 3. The lowest BCUT2D eigenvalue weighted by molar-refractivity contribution is -0.141. The van der Waals surface area contributed by atoms with Crippen molar-refractivity contribution in [1.82, 2.24) is 15.0 Å². The monoisotopic (exact) mass is 235 g/mol. The Morgan fingerprint density at radius 2 is 1.75 bits per heavy atom. The fourth-order valence-electron chi connectivity index (χ4n) is 1.53. The standard InChI is InChI=1S/C10H16F3N3/c1-6(2)5-8-9(10(11,12)13)14-15-16(8)7(3)4/h6-7H,5H2,1-4H3. The summed E-state index contributed by atoms with van der Waals surface area (Å²) in [5.74, 6) is 0.136. The Labute approximate surface area is 92.6 Å². The van der Waals surface area contributed by atoms with Gasteiger partial charge in [0.25, 0.3) is 0 Å². The highest BCUT2D eigenvalue weighted by atomic mass is 19.4. The highest BCUT2D eigenvalue weighted by Crippen LogP contribution is 2.32. The van der Waals surface area contributed by atoms with Crippen LogP contribution in [0.1, 0.15) is 45.1 Å². The maximum absolute atomic E-state index is 12.7. The summed E-state index contributed by atoms with van der Waals surface area (Å²) in [7, 11) is 0. The van der Waals surface area contributed by atoms with Crippen molar-refractivity contribution >= 4 is 0 Å². The molecule has 0 unspecified atom stereocenters. The summed E-state index contributed by atoms with van der Waals surface area (Å²) in [6.07, 6.45) is -4.09. The van der Waals surface area contributed by atoms with E-state index in [1.807, 2.05) is 13.8 Å². The summed E-state index contributed by atoms with van der Waals surface area (Å²) in [6, 6.07) is -0.114. The molecular formula is C10H16F3N3. The molecule has 16 heavy (non-hydrogen) atoms. The number of halogens is 3. The number of hydrogen-bond donors (Lipinski definition) is 0. The van der Waals surface area contributed by atoms with Gasteiger partial charge in [0.1, 0.15) is 0 Å². The molecule has 0 saturated heterocycles. The van der Waals surface area contributed by atoms with Gasteiger partial charge < -0.3 is 0 Å². The van der Waals surface area contributed by atoms with Crippen LogP contribution in [-0.4, -0.2) is 15.0 Å². The fraction of sp³-hybridized carbons (Fsp3) is 0.800. The van der Waals surface area contributed by atoms with E-state index in [-0.39, 0.29) is 17.7 Å². The molecule has 0 spiro atoms. The Bertz CT molecular complexity index is 353. The van der Waals surface area contributed by atoms with Crippen LogP contribution in [-0.2, 0) is 12.6 Å². The van der Waals surface area contributed by atoms with Gasteiger partial charge in [-0.1, -0.05) is 19.1 Å². The lowest BCUT2D eigenvalue weighted by atomic mass is 10.1. The molecular weight excluding hydrogens is 219 g/mol. The maximum atomic E-state index is 12.7. The highest BCUT2D eigenvalue weighted by Gasteiger charge is 2.38. The fourth-order valence-corrected chi connectivity index (χ4v) is 1.53. The molecule has 1 heterocycles. The summed E-state index contributed by atoms with van der Waals surface area (Å²) in [5, 5.41) is 6.83. The molecule has 0 bridgehead atoms. The van der Waals surface area contributed by atoms with Crippen LogP contribution in [0.15, 0.2) is 0 Å². The SMILES string of the molecule is CC(C)Cc1c(C(F)(F)F)nnn1C(C)C. The average Bonchev–Trinajstić information content (AvgIpc) is 2.45. The summed E-state index contributed by atoms with van der Waals surface area (Å²) in [5.41, 5.74) is -0.674. The minimum absolute atomic E-state index is 0.114. The van der Waals surface area contributed by atoms with Gasteiger partial charge in [-0.25, -0.2) is 4.68 Å². The summed E-state index contributed by atoms with van der Waals surface area (Å²) in [4.78, 5) is 0. The van der Waals surface area contributed by atoms with Gasteiger partial charge in [0.2, 0.25) is 0 Å². The van der Waals surface area contributed by atoms with Crippen molar-refractivity contribution in [2.24, 2.45) is 5.92 Å². The Hall–Kier alpha value is -1.07. The second-order valence-electron chi connectivity index (χ2n) is 4.52. The highest BCUT2D eigenvalue weighted by molar-refractivity contribution is 5.15. The van der Waals surface area contributed by atoms with Gasteiger partial charge in [0.15, 0.2) is 5.69 Å². The van der Waals surface area contributed by atoms with E-state index in [1.54, 1.807) is 13.8 Å². The van der Waals surface area contributed by atoms with Gasteiger partial charge in [-0.2, -0.15) is 13.2 Å². The molecule has 0 atom stereocenters. The molecule has 0 fully saturated rings. The molecule has 0 aliphatic rings. The van der Waals surface area contributed by atoms with Crippen molar-refractivity contribution in [3.8, 4) is 0 Å². The van der Waals surface area contributed by atoms with Gasteiger partial charge >= 0.3 is 6.18 Å². The van der Waals surface area contributed by atoms with Gasteiger partial charge in [-0.15, -0.1) is 5.10 Å².